The second kappa shape index (κ2) is 15.7. The van der Waals surface area contributed by atoms with Crippen molar-refractivity contribution >= 4 is 95.2 Å². The number of anilines is 1. The summed E-state index contributed by atoms with van der Waals surface area (Å²) in [5.41, 5.74) is 6.55. The third kappa shape index (κ3) is 11.2. The maximum absolute atomic E-state index is 12.3. The predicted octanol–water partition coefficient (Wildman–Crippen LogP) is 2.23. The Hall–Kier alpha value is -0.725. The third-order valence-electron chi connectivity index (χ3n) is 5.26. The van der Waals surface area contributed by atoms with E-state index in [2.05, 4.69) is 35.7 Å². The fourth-order valence-electron chi connectivity index (χ4n) is 3.79. The number of nitrogens with one attached hydrogen (secondary N) is 1. The average Bonchev–Trinajstić information content (AvgIpc) is 3.45. The van der Waals surface area contributed by atoms with E-state index in [9.17, 15) is 28.3 Å². The lowest BCUT2D eigenvalue weighted by Gasteiger charge is -2.23. The standard InChI is InChI=1S/C18H26BIN5O13P3S2/c1-10(43-42-2)35-12-6-14(36-13(12)8-34-40(30,31)38-41(32,33)37-39(27,28)29)25-7-11(4-3-5-22-18(26)19-20)15-16(21)23-9-24-17(15)25/h7,9-10,12-14,19H,5-6,8H2,1-2H3,(H,22,26)(H,30,31)(H,32,33)(H2,21,23,24)(H2,27,28,29)/t10-,12?,13?,14?/m1/s1. The molecule has 1 amide bonds. The summed E-state index contributed by atoms with van der Waals surface area (Å²) in [7, 11) is -13.8. The van der Waals surface area contributed by atoms with Crippen LogP contribution in [0.2, 0.25) is 0 Å². The molecule has 0 spiro atoms. The summed E-state index contributed by atoms with van der Waals surface area (Å²) < 4.78 is 61.0. The van der Waals surface area contributed by atoms with E-state index in [0.29, 0.717) is 16.6 Å². The first kappa shape index (κ1) is 36.7. The fourth-order valence-corrected chi connectivity index (χ4v) is 8.50. The van der Waals surface area contributed by atoms with Crippen molar-refractivity contribution in [2.24, 2.45) is 0 Å². The molecule has 2 aromatic rings. The molecule has 2 aromatic heterocycles. The number of amides is 1. The number of nitrogen functional groups attached to an aromatic ring is 1. The quantitative estimate of drug-likeness (QED) is 0.0399. The predicted molar refractivity (Wildman–Crippen MR) is 167 cm³/mol. The second-order valence-corrected chi connectivity index (χ2v) is 16.3. The van der Waals surface area contributed by atoms with E-state index in [1.165, 1.54) is 27.9 Å². The number of phosphoric acid groups is 3. The molecule has 6 atom stereocenters. The maximum Gasteiger partial charge on any atom is 0.490 e. The summed E-state index contributed by atoms with van der Waals surface area (Å²) in [5.74, 6) is 5.74. The zero-order chi connectivity index (χ0) is 32.0. The van der Waals surface area contributed by atoms with Crippen LogP contribution >= 0.6 is 67.4 Å². The number of halogens is 1. The van der Waals surface area contributed by atoms with Gasteiger partial charge in [0.15, 0.2) is 5.81 Å². The molecule has 1 aliphatic rings. The van der Waals surface area contributed by atoms with E-state index in [-0.39, 0.29) is 35.2 Å². The van der Waals surface area contributed by atoms with Crippen molar-refractivity contribution in [3.05, 3.63) is 18.1 Å². The summed E-state index contributed by atoms with van der Waals surface area (Å²) in [4.78, 5) is 56.6. The Kier molecular flexibility index (Phi) is 13.4. The van der Waals surface area contributed by atoms with Gasteiger partial charge >= 0.3 is 28.6 Å². The maximum atomic E-state index is 12.3. The topological polar surface area (TPSA) is 264 Å². The first-order chi connectivity index (χ1) is 20.0. The molecule has 1 fully saturated rings. The van der Waals surface area contributed by atoms with Crippen LogP contribution in [0.3, 0.4) is 0 Å². The zero-order valence-electron chi connectivity index (χ0n) is 22.2. The van der Waals surface area contributed by atoms with E-state index >= 15 is 0 Å². The van der Waals surface area contributed by atoms with E-state index in [1.807, 2.05) is 28.6 Å². The molecule has 7 N–H and O–H groups in total. The van der Waals surface area contributed by atoms with Gasteiger partial charge in [0.25, 0.3) is 0 Å². The zero-order valence-corrected chi connectivity index (χ0v) is 28.7. The van der Waals surface area contributed by atoms with Crippen LogP contribution in [0.5, 0.6) is 0 Å². The largest absolute Gasteiger partial charge is 0.490 e. The minimum Gasteiger partial charge on any atom is -0.383 e. The normalized spacial score (nSPS) is 22.3. The van der Waals surface area contributed by atoms with Crippen molar-refractivity contribution in [1.29, 1.82) is 0 Å². The van der Waals surface area contributed by atoms with Crippen LogP contribution in [0.15, 0.2) is 12.5 Å². The molecule has 1 saturated heterocycles. The highest BCUT2D eigenvalue weighted by Crippen LogP contribution is 2.66. The molecule has 5 unspecified atom stereocenters. The second-order valence-electron chi connectivity index (χ2n) is 8.38. The van der Waals surface area contributed by atoms with Gasteiger partial charge in [0.1, 0.15) is 35.6 Å². The molecule has 0 radical (unpaired) electrons. The van der Waals surface area contributed by atoms with Gasteiger partial charge in [0.2, 0.25) is 0 Å². The Morgan fingerprint density at radius 2 is 2.02 bits per heavy atom. The van der Waals surface area contributed by atoms with Gasteiger partial charge in [0, 0.05) is 12.6 Å². The number of ether oxygens (including phenoxy) is 2. The van der Waals surface area contributed by atoms with Gasteiger partial charge in [-0.25, -0.2) is 23.7 Å². The number of carbonyl (C=O) groups is 1. The molecule has 43 heavy (non-hydrogen) atoms. The van der Waals surface area contributed by atoms with Crippen LogP contribution in [0.1, 0.15) is 25.1 Å². The summed E-state index contributed by atoms with van der Waals surface area (Å²) in [5, 5.41) is 3.34. The molecule has 3 heterocycles. The van der Waals surface area contributed by atoms with Crippen molar-refractivity contribution in [2.45, 2.75) is 37.2 Å². The molecule has 1 aliphatic heterocycles. The lowest BCUT2D eigenvalue weighted by molar-refractivity contribution is -0.0616. The van der Waals surface area contributed by atoms with Crippen LogP contribution in [0, 0.1) is 11.8 Å². The van der Waals surface area contributed by atoms with Gasteiger partial charge in [-0.3, -0.25) is 9.32 Å². The minimum absolute atomic E-state index is 0.0889. The average molecular weight is 815 g/mol. The molecule has 3 rings (SSSR count). The van der Waals surface area contributed by atoms with E-state index < -0.39 is 48.5 Å². The van der Waals surface area contributed by atoms with E-state index in [4.69, 9.17) is 29.5 Å². The molecule has 238 valence electrons. The first-order valence-corrected chi connectivity index (χ1v) is 20.4. The molecule has 25 heteroatoms. The number of phosphoric ester groups is 1. The van der Waals surface area contributed by atoms with Crippen molar-refractivity contribution in [1.82, 2.24) is 19.9 Å². The van der Waals surface area contributed by atoms with Crippen LogP contribution < -0.4 is 11.1 Å². The van der Waals surface area contributed by atoms with Crippen LogP contribution in [-0.2, 0) is 36.3 Å². The van der Waals surface area contributed by atoms with Gasteiger partial charge in [-0.1, -0.05) is 33.4 Å². The van der Waals surface area contributed by atoms with Crippen LogP contribution in [0.4, 0.5) is 10.6 Å². The number of fused-ring (bicyclic) bond motifs is 1. The summed E-state index contributed by atoms with van der Waals surface area (Å²) in [6.45, 7) is 1.16. The van der Waals surface area contributed by atoms with E-state index in [0.717, 1.165) is 0 Å². The lowest BCUT2D eigenvalue weighted by Crippen LogP contribution is -2.30. The van der Waals surface area contributed by atoms with Crippen molar-refractivity contribution in [2.75, 3.05) is 25.1 Å². The number of carbonyl (C=O) groups excluding carboxylic acids is 1. The Bertz CT molecular complexity index is 1520. The Morgan fingerprint density at radius 1 is 1.30 bits per heavy atom. The van der Waals surface area contributed by atoms with Crippen LogP contribution in [-0.4, -0.2) is 82.1 Å². The number of nitrogens with zero attached hydrogens (tertiary/aromatic N) is 3. The number of hydrogen-bond acceptors (Lipinski definition) is 14. The first-order valence-electron chi connectivity index (χ1n) is 11.8. The number of nitrogens with two attached hydrogens (primary N) is 1. The fraction of sp³-hybridized carbons (Fsp3) is 0.500. The number of aromatic nitrogens is 3. The molecule has 0 bridgehead atoms. The highest BCUT2D eigenvalue weighted by molar-refractivity contribution is 14.1. The highest BCUT2D eigenvalue weighted by Gasteiger charge is 2.44. The van der Waals surface area contributed by atoms with Gasteiger partial charge in [-0.15, -0.1) is 22.4 Å². The molecule has 0 saturated carbocycles. The molecule has 0 aromatic carbocycles. The summed E-state index contributed by atoms with van der Waals surface area (Å²) in [6.07, 6.45) is 2.30. The number of rotatable bonds is 14. The smallest absolute Gasteiger partial charge is 0.383 e. The third-order valence-corrected chi connectivity index (χ3v) is 11.7. The summed E-state index contributed by atoms with van der Waals surface area (Å²) in [6, 6.07) is 0. The molecule has 0 aliphatic carbocycles. The Labute approximate surface area is 266 Å². The highest BCUT2D eigenvalue weighted by atomic mass is 127. The molecule has 18 nitrogen and oxygen atoms in total. The van der Waals surface area contributed by atoms with Crippen molar-refractivity contribution in [3.63, 3.8) is 0 Å². The monoisotopic (exact) mass is 815 g/mol. The Balaban J connectivity index is 1.85. The van der Waals surface area contributed by atoms with Gasteiger partial charge in [-0.2, -0.15) is 8.62 Å². The Morgan fingerprint density at radius 3 is 2.67 bits per heavy atom. The summed E-state index contributed by atoms with van der Waals surface area (Å²) >= 11 is 1.93. The van der Waals surface area contributed by atoms with E-state index in [1.54, 1.807) is 17.7 Å². The number of hydrogen-bond donors (Lipinski definition) is 6. The van der Waals surface area contributed by atoms with Gasteiger partial charge < -0.3 is 44.7 Å². The van der Waals surface area contributed by atoms with Crippen molar-refractivity contribution < 1.29 is 60.7 Å². The minimum atomic E-state index is -5.70. The molecular weight excluding hydrogens is 789 g/mol. The van der Waals surface area contributed by atoms with Crippen molar-refractivity contribution in [3.8, 4) is 11.8 Å². The lowest BCUT2D eigenvalue weighted by atomic mass is 10.1. The molecular formula is C18H26BIN5O13P3S2. The van der Waals surface area contributed by atoms with Gasteiger partial charge in [0.05, 0.1) is 30.2 Å². The SMILES string of the molecule is CSS[C@H](C)OC1CC(n2cc(C#CCNC(=O)BI)c3c(N)ncnc32)OC1COP(=O)(O)OP(=O)(O)OP(=O)(O)O. The van der Waals surface area contributed by atoms with Crippen LogP contribution in [0.25, 0.3) is 11.0 Å². The van der Waals surface area contributed by atoms with Gasteiger partial charge in [-0.05, 0) is 13.2 Å².